The van der Waals surface area contributed by atoms with Crippen LogP contribution in [-0.4, -0.2) is 27.7 Å². The molecule has 0 aliphatic heterocycles. The van der Waals surface area contributed by atoms with Crippen LogP contribution in [-0.2, 0) is 16.1 Å². The third-order valence-corrected chi connectivity index (χ3v) is 5.85. The number of imidazole rings is 1. The zero-order chi connectivity index (χ0) is 25.2. The van der Waals surface area contributed by atoms with Gasteiger partial charge in [-0.15, -0.1) is 0 Å². The Balaban J connectivity index is 0.00000108. The summed E-state index contributed by atoms with van der Waals surface area (Å²) in [6.45, 7) is 7.22. The molecule has 1 amide bonds. The van der Waals surface area contributed by atoms with E-state index in [1.54, 1.807) is 0 Å². The Morgan fingerprint density at radius 2 is 1.57 bits per heavy atom. The predicted molar refractivity (Wildman–Crippen MR) is 137 cm³/mol. The number of hydrogen-bond acceptors (Lipinski definition) is 4. The Bertz CT molecular complexity index is 1270. The van der Waals surface area contributed by atoms with Crippen LogP contribution in [0.4, 0.5) is 0 Å². The van der Waals surface area contributed by atoms with Gasteiger partial charge in [-0.1, -0.05) is 68.4 Å². The molecule has 1 aromatic heterocycles. The standard InChI is InChI=1S/C28H31N3O.CO2/c1-20(2)9-10-21(3)30-28(32)25-15-16-27-26(17-25)29-19-31(27)18-22-11-13-24(14-12-22)23-7-5-4-6-8-23;2-1-3/h4-8,11-17,19-21H,9-10,18H2,1-3H3,(H,30,32);. The molecule has 6 nitrogen and oxygen atoms in total. The molecule has 6 heteroatoms. The van der Waals surface area contributed by atoms with Crippen molar-refractivity contribution in [1.82, 2.24) is 14.9 Å². The Morgan fingerprint density at radius 3 is 2.23 bits per heavy atom. The van der Waals surface area contributed by atoms with E-state index in [2.05, 4.69) is 84.2 Å². The maximum Gasteiger partial charge on any atom is 0.373 e. The fourth-order valence-electron chi connectivity index (χ4n) is 3.92. The minimum Gasteiger partial charge on any atom is -0.350 e. The fourth-order valence-corrected chi connectivity index (χ4v) is 3.92. The molecule has 4 rings (SSSR count). The number of nitrogens with zero attached hydrogens (tertiary/aromatic N) is 2. The number of fused-ring (bicyclic) bond motifs is 1. The zero-order valence-corrected chi connectivity index (χ0v) is 20.4. The van der Waals surface area contributed by atoms with Crippen molar-refractivity contribution in [2.75, 3.05) is 0 Å². The molecule has 1 atom stereocenters. The van der Waals surface area contributed by atoms with Crippen molar-refractivity contribution in [3.63, 3.8) is 0 Å². The first-order valence-corrected chi connectivity index (χ1v) is 11.8. The Kier molecular flexibility index (Phi) is 9.10. The van der Waals surface area contributed by atoms with Gasteiger partial charge in [-0.2, -0.15) is 9.59 Å². The minimum absolute atomic E-state index is 0.0331. The number of carbonyl (C=O) groups excluding carboxylic acids is 3. The van der Waals surface area contributed by atoms with Gasteiger partial charge in [0.15, 0.2) is 0 Å². The average molecular weight is 470 g/mol. The number of benzene rings is 3. The second kappa shape index (κ2) is 12.4. The summed E-state index contributed by atoms with van der Waals surface area (Å²) >= 11 is 0. The molecule has 0 bridgehead atoms. The molecule has 0 saturated heterocycles. The monoisotopic (exact) mass is 469 g/mol. The van der Waals surface area contributed by atoms with Crippen molar-refractivity contribution in [2.45, 2.75) is 46.2 Å². The Morgan fingerprint density at radius 1 is 0.914 bits per heavy atom. The highest BCUT2D eigenvalue weighted by atomic mass is 16.2. The lowest BCUT2D eigenvalue weighted by molar-refractivity contribution is -0.191. The quantitative estimate of drug-likeness (QED) is 0.358. The summed E-state index contributed by atoms with van der Waals surface area (Å²) < 4.78 is 2.12. The van der Waals surface area contributed by atoms with Gasteiger partial charge in [0.1, 0.15) is 0 Å². The van der Waals surface area contributed by atoms with Gasteiger partial charge in [-0.05, 0) is 60.6 Å². The van der Waals surface area contributed by atoms with Gasteiger partial charge in [-0.3, -0.25) is 4.79 Å². The van der Waals surface area contributed by atoms with Gasteiger partial charge >= 0.3 is 6.15 Å². The van der Waals surface area contributed by atoms with Crippen LogP contribution in [0.25, 0.3) is 22.2 Å². The van der Waals surface area contributed by atoms with Crippen LogP contribution in [0, 0.1) is 5.92 Å². The zero-order valence-electron chi connectivity index (χ0n) is 20.4. The van der Waals surface area contributed by atoms with Crippen LogP contribution in [0.5, 0.6) is 0 Å². The molecule has 0 spiro atoms. The molecule has 0 saturated carbocycles. The van der Waals surface area contributed by atoms with Crippen LogP contribution >= 0.6 is 0 Å². The molecule has 0 radical (unpaired) electrons. The smallest absolute Gasteiger partial charge is 0.350 e. The normalized spacial score (nSPS) is 11.4. The predicted octanol–water partition coefficient (Wildman–Crippen LogP) is 5.72. The van der Waals surface area contributed by atoms with E-state index in [0.717, 1.165) is 30.4 Å². The van der Waals surface area contributed by atoms with Crippen molar-refractivity contribution < 1.29 is 14.4 Å². The third-order valence-electron chi connectivity index (χ3n) is 5.85. The highest BCUT2D eigenvalue weighted by Gasteiger charge is 2.13. The van der Waals surface area contributed by atoms with Gasteiger partial charge in [0.2, 0.25) is 0 Å². The van der Waals surface area contributed by atoms with Crippen molar-refractivity contribution in [1.29, 1.82) is 0 Å². The van der Waals surface area contributed by atoms with E-state index in [9.17, 15) is 4.79 Å². The first kappa shape index (κ1) is 25.6. The highest BCUT2D eigenvalue weighted by molar-refractivity contribution is 5.97. The fraction of sp³-hybridized carbons (Fsp3) is 0.276. The molecule has 1 N–H and O–H groups in total. The molecule has 35 heavy (non-hydrogen) atoms. The molecule has 0 fully saturated rings. The second-order valence-electron chi connectivity index (χ2n) is 9.07. The number of carbonyl (C=O) groups is 1. The second-order valence-corrected chi connectivity index (χ2v) is 9.07. The summed E-state index contributed by atoms with van der Waals surface area (Å²) in [5.74, 6) is 0.610. The molecule has 1 heterocycles. The van der Waals surface area contributed by atoms with Crippen LogP contribution in [0.15, 0.2) is 79.1 Å². The highest BCUT2D eigenvalue weighted by Crippen LogP contribution is 2.21. The molecule has 0 aliphatic carbocycles. The van der Waals surface area contributed by atoms with E-state index >= 15 is 0 Å². The largest absolute Gasteiger partial charge is 0.373 e. The van der Waals surface area contributed by atoms with Crippen LogP contribution in [0.3, 0.4) is 0 Å². The van der Waals surface area contributed by atoms with Gasteiger partial charge in [0.05, 0.1) is 17.4 Å². The molecular weight excluding hydrogens is 438 g/mol. The van der Waals surface area contributed by atoms with E-state index in [4.69, 9.17) is 9.59 Å². The summed E-state index contributed by atoms with van der Waals surface area (Å²) in [4.78, 5) is 33.4. The maximum atomic E-state index is 12.6. The topological polar surface area (TPSA) is 81.1 Å². The van der Waals surface area contributed by atoms with E-state index in [-0.39, 0.29) is 18.1 Å². The third kappa shape index (κ3) is 7.23. The summed E-state index contributed by atoms with van der Waals surface area (Å²) in [6, 6.07) is 25.0. The van der Waals surface area contributed by atoms with Crippen LogP contribution in [0.2, 0.25) is 0 Å². The summed E-state index contributed by atoms with van der Waals surface area (Å²) in [6.07, 6.45) is 4.20. The summed E-state index contributed by atoms with van der Waals surface area (Å²) in [7, 11) is 0. The number of nitrogens with one attached hydrogen (secondary N) is 1. The van der Waals surface area contributed by atoms with E-state index in [1.807, 2.05) is 30.6 Å². The number of rotatable bonds is 8. The van der Waals surface area contributed by atoms with Crippen molar-refractivity contribution in [3.8, 4) is 11.1 Å². The van der Waals surface area contributed by atoms with Crippen LogP contribution in [0.1, 0.15) is 49.5 Å². The van der Waals surface area contributed by atoms with Gasteiger partial charge in [-0.25, -0.2) is 4.98 Å². The molecule has 180 valence electrons. The molecular formula is C29H31N3O3. The SMILES string of the molecule is CC(C)CCC(C)NC(=O)c1ccc2c(c1)ncn2Cc1ccc(-c2ccccc2)cc1.O=C=O. The van der Waals surface area contributed by atoms with E-state index in [1.165, 1.54) is 16.7 Å². The first-order chi connectivity index (χ1) is 16.9. The number of hydrogen-bond donors (Lipinski definition) is 1. The summed E-state index contributed by atoms with van der Waals surface area (Å²) in [5, 5.41) is 3.11. The molecule has 1 unspecified atom stereocenters. The first-order valence-electron chi connectivity index (χ1n) is 11.8. The maximum absolute atomic E-state index is 12.6. The van der Waals surface area contributed by atoms with E-state index < -0.39 is 0 Å². The lowest BCUT2D eigenvalue weighted by Gasteiger charge is -2.15. The van der Waals surface area contributed by atoms with E-state index in [0.29, 0.717) is 11.5 Å². The average Bonchev–Trinajstić information content (AvgIpc) is 3.26. The van der Waals surface area contributed by atoms with Crippen molar-refractivity contribution in [3.05, 3.63) is 90.3 Å². The molecule has 3 aromatic carbocycles. The van der Waals surface area contributed by atoms with Gasteiger partial charge < -0.3 is 9.88 Å². The number of aromatic nitrogens is 2. The van der Waals surface area contributed by atoms with Crippen LogP contribution < -0.4 is 5.32 Å². The van der Waals surface area contributed by atoms with Gasteiger partial charge in [0, 0.05) is 18.2 Å². The minimum atomic E-state index is -0.0331. The Hall–Kier alpha value is -4.02. The van der Waals surface area contributed by atoms with Crippen molar-refractivity contribution in [2.24, 2.45) is 5.92 Å². The lowest BCUT2D eigenvalue weighted by Crippen LogP contribution is -2.32. The number of amides is 1. The molecule has 4 aromatic rings. The van der Waals surface area contributed by atoms with Gasteiger partial charge in [0.25, 0.3) is 5.91 Å². The Labute approximate surface area is 206 Å². The van der Waals surface area contributed by atoms with Crippen molar-refractivity contribution >= 4 is 23.1 Å². The molecule has 0 aliphatic rings. The lowest BCUT2D eigenvalue weighted by atomic mass is 10.0. The summed E-state index contributed by atoms with van der Waals surface area (Å²) in [5.41, 5.74) is 6.17.